The number of rotatable bonds is 4. The Hall–Kier alpha value is -2.65. The Balaban J connectivity index is 1.41. The summed E-state index contributed by atoms with van der Waals surface area (Å²) in [5, 5.41) is 16.2. The molecule has 0 aliphatic carbocycles. The first-order valence-corrected chi connectivity index (χ1v) is 9.33. The first-order chi connectivity index (χ1) is 13.8. The van der Waals surface area contributed by atoms with Crippen molar-refractivity contribution in [1.82, 2.24) is 0 Å². The van der Waals surface area contributed by atoms with Gasteiger partial charge >= 0.3 is 6.36 Å². The molecule has 4 rings (SSSR count). The van der Waals surface area contributed by atoms with Crippen molar-refractivity contribution in [2.75, 3.05) is 41.8 Å². The smallest absolute Gasteiger partial charge is 0.489 e. The lowest BCUT2D eigenvalue weighted by molar-refractivity contribution is -0.344. The lowest BCUT2D eigenvalue weighted by Gasteiger charge is -2.40. The van der Waals surface area contributed by atoms with Crippen molar-refractivity contribution in [2.24, 2.45) is 0 Å². The van der Waals surface area contributed by atoms with E-state index in [0.29, 0.717) is 12.3 Å². The molecule has 0 amide bonds. The fraction of sp³-hybridized carbons (Fsp3) is 0.400. The number of benzene rings is 2. The number of halogens is 3. The molecule has 1 saturated heterocycles. The number of ether oxygens (including phenoxy) is 2. The number of alkyl halides is 3. The van der Waals surface area contributed by atoms with Crippen molar-refractivity contribution in [3.63, 3.8) is 0 Å². The second-order valence-electron chi connectivity index (χ2n) is 7.27. The van der Waals surface area contributed by atoms with Gasteiger partial charge in [-0.3, -0.25) is 4.74 Å². The predicted octanol–water partition coefficient (Wildman–Crippen LogP) is 3.63. The molecule has 29 heavy (non-hydrogen) atoms. The molecule has 3 N–H and O–H groups in total. The number of fused-ring (bicyclic) bond motifs is 1. The molecule has 2 aliphatic rings. The van der Waals surface area contributed by atoms with E-state index in [4.69, 9.17) is 4.74 Å². The van der Waals surface area contributed by atoms with Crippen molar-refractivity contribution in [2.45, 2.75) is 25.5 Å². The third kappa shape index (κ3) is 4.68. The number of nitrogens with zero attached hydrogens (tertiary/aromatic N) is 1. The van der Waals surface area contributed by atoms with E-state index in [-0.39, 0.29) is 19.7 Å². The Morgan fingerprint density at radius 1 is 1.21 bits per heavy atom. The molecule has 1 atom stereocenters. The van der Waals surface area contributed by atoms with Gasteiger partial charge in [-0.2, -0.15) is 0 Å². The number of nitrogens with one attached hydrogen (secondary N) is 2. The number of hydrogen-bond acceptors (Lipinski definition) is 6. The summed E-state index contributed by atoms with van der Waals surface area (Å²) in [7, 11) is 0. The third-order valence-corrected chi connectivity index (χ3v) is 4.94. The SMILES string of the molecule is Cc1cc(N2CC(OC(F)(F)F)C2)ccc1Nc1ccc2c(c1)OCC(O)CN2. The Kier molecular flexibility index (Phi) is 5.18. The van der Waals surface area contributed by atoms with E-state index < -0.39 is 18.6 Å². The largest absolute Gasteiger partial charge is 0.522 e. The first kappa shape index (κ1) is 19.7. The molecular formula is C20H22F3N3O3. The second kappa shape index (κ2) is 7.64. The topological polar surface area (TPSA) is 66.0 Å². The van der Waals surface area contributed by atoms with Gasteiger partial charge in [-0.05, 0) is 42.8 Å². The van der Waals surface area contributed by atoms with Crippen LogP contribution < -0.4 is 20.3 Å². The Labute approximate surface area is 166 Å². The lowest BCUT2D eigenvalue weighted by atomic mass is 10.1. The highest BCUT2D eigenvalue weighted by molar-refractivity contribution is 5.71. The number of hydrogen-bond donors (Lipinski definition) is 3. The van der Waals surface area contributed by atoms with Crippen LogP contribution in [0.25, 0.3) is 0 Å². The maximum atomic E-state index is 12.3. The number of aliphatic hydroxyl groups excluding tert-OH is 1. The van der Waals surface area contributed by atoms with Gasteiger partial charge in [0.15, 0.2) is 0 Å². The van der Waals surface area contributed by atoms with Crippen LogP contribution >= 0.6 is 0 Å². The monoisotopic (exact) mass is 409 g/mol. The highest BCUT2D eigenvalue weighted by atomic mass is 19.4. The average molecular weight is 409 g/mol. The van der Waals surface area contributed by atoms with Gasteiger partial charge in [-0.25, -0.2) is 0 Å². The van der Waals surface area contributed by atoms with Gasteiger partial charge in [0.25, 0.3) is 0 Å². The summed E-state index contributed by atoms with van der Waals surface area (Å²) in [5.74, 6) is 0.664. The van der Waals surface area contributed by atoms with Crippen molar-refractivity contribution in [3.8, 4) is 5.75 Å². The van der Waals surface area contributed by atoms with Gasteiger partial charge in [0.05, 0.1) is 5.69 Å². The standard InChI is InChI=1S/C20H22F3N3O3/c1-12-6-14(26-9-16(10-26)29-20(21,22)23)3-5-17(12)25-13-2-4-18-19(7-13)28-11-15(27)8-24-18/h2-7,15-16,24-25,27H,8-11H2,1H3. The van der Waals surface area contributed by atoms with Gasteiger partial charge in [-0.15, -0.1) is 13.2 Å². The summed E-state index contributed by atoms with van der Waals surface area (Å²) in [4.78, 5) is 1.85. The van der Waals surface area contributed by atoms with Crippen LogP contribution in [-0.4, -0.2) is 49.9 Å². The Morgan fingerprint density at radius 2 is 2.00 bits per heavy atom. The summed E-state index contributed by atoms with van der Waals surface area (Å²) >= 11 is 0. The summed E-state index contributed by atoms with van der Waals surface area (Å²) in [6.07, 6.45) is -5.97. The number of β-amino-alcohol motifs (C(OH)–C–C–N with tert-alkyl or cyclic N) is 1. The van der Waals surface area contributed by atoms with Crippen molar-refractivity contribution in [3.05, 3.63) is 42.0 Å². The minimum absolute atomic E-state index is 0.215. The number of anilines is 4. The molecule has 0 spiro atoms. The number of aliphatic hydroxyl groups is 1. The number of aryl methyl sites for hydroxylation is 1. The van der Waals surface area contributed by atoms with Crippen LogP contribution in [0.2, 0.25) is 0 Å². The van der Waals surface area contributed by atoms with E-state index in [1.165, 1.54) is 0 Å². The molecule has 1 fully saturated rings. The van der Waals surface area contributed by atoms with Gasteiger partial charge in [0.1, 0.15) is 24.6 Å². The van der Waals surface area contributed by atoms with E-state index in [1.54, 1.807) is 0 Å². The molecule has 1 unspecified atom stereocenters. The molecule has 2 aromatic carbocycles. The minimum atomic E-state index is -4.59. The molecule has 6 nitrogen and oxygen atoms in total. The quantitative estimate of drug-likeness (QED) is 0.717. The van der Waals surface area contributed by atoms with Crippen LogP contribution in [-0.2, 0) is 4.74 Å². The van der Waals surface area contributed by atoms with Crippen molar-refractivity contribution >= 4 is 22.7 Å². The zero-order valence-electron chi connectivity index (χ0n) is 15.8. The van der Waals surface area contributed by atoms with E-state index in [1.807, 2.05) is 48.2 Å². The Bertz CT molecular complexity index is 885. The molecule has 0 radical (unpaired) electrons. The van der Waals surface area contributed by atoms with E-state index in [0.717, 1.165) is 28.3 Å². The van der Waals surface area contributed by atoms with E-state index in [2.05, 4.69) is 15.4 Å². The third-order valence-electron chi connectivity index (χ3n) is 4.94. The van der Waals surface area contributed by atoms with Gasteiger partial charge < -0.3 is 25.4 Å². The fourth-order valence-corrected chi connectivity index (χ4v) is 3.39. The zero-order valence-corrected chi connectivity index (χ0v) is 15.8. The average Bonchev–Trinajstić information content (AvgIpc) is 2.80. The molecule has 156 valence electrons. The first-order valence-electron chi connectivity index (χ1n) is 9.33. The fourth-order valence-electron chi connectivity index (χ4n) is 3.39. The van der Waals surface area contributed by atoms with Crippen LogP contribution in [0.1, 0.15) is 5.56 Å². The molecule has 2 heterocycles. The summed E-state index contributed by atoms with van der Waals surface area (Å²) < 4.78 is 46.4. The Morgan fingerprint density at radius 3 is 2.72 bits per heavy atom. The van der Waals surface area contributed by atoms with Gasteiger partial charge in [0, 0.05) is 42.8 Å². The second-order valence-corrected chi connectivity index (χ2v) is 7.27. The molecular weight excluding hydrogens is 387 g/mol. The predicted molar refractivity (Wildman–Crippen MR) is 104 cm³/mol. The summed E-state index contributed by atoms with van der Waals surface area (Å²) in [5.41, 5.74) is 4.37. The molecule has 2 aromatic rings. The van der Waals surface area contributed by atoms with Gasteiger partial charge in [-0.1, -0.05) is 0 Å². The highest BCUT2D eigenvalue weighted by Gasteiger charge is 2.39. The minimum Gasteiger partial charge on any atom is -0.489 e. The van der Waals surface area contributed by atoms with E-state index >= 15 is 0 Å². The normalized spacial score (nSPS) is 19.5. The lowest BCUT2D eigenvalue weighted by Crippen LogP contribution is -2.54. The van der Waals surface area contributed by atoms with Crippen LogP contribution in [0.4, 0.5) is 35.9 Å². The van der Waals surface area contributed by atoms with Crippen LogP contribution in [0.15, 0.2) is 36.4 Å². The van der Waals surface area contributed by atoms with Crippen LogP contribution in [0.5, 0.6) is 5.75 Å². The van der Waals surface area contributed by atoms with Crippen molar-refractivity contribution < 1.29 is 27.8 Å². The van der Waals surface area contributed by atoms with Crippen LogP contribution in [0, 0.1) is 6.92 Å². The molecule has 2 aliphatic heterocycles. The van der Waals surface area contributed by atoms with Gasteiger partial charge in [0.2, 0.25) is 0 Å². The molecule has 0 bridgehead atoms. The van der Waals surface area contributed by atoms with Crippen molar-refractivity contribution in [1.29, 1.82) is 0 Å². The molecule has 9 heteroatoms. The molecule has 0 aromatic heterocycles. The zero-order chi connectivity index (χ0) is 20.6. The summed E-state index contributed by atoms with van der Waals surface area (Å²) in [6, 6.07) is 11.4. The maximum Gasteiger partial charge on any atom is 0.522 e. The van der Waals surface area contributed by atoms with E-state index in [9.17, 15) is 18.3 Å². The maximum absolute atomic E-state index is 12.3. The summed E-state index contributed by atoms with van der Waals surface area (Å²) in [6.45, 7) is 3.03. The van der Waals surface area contributed by atoms with Crippen LogP contribution in [0.3, 0.4) is 0 Å². The highest BCUT2D eigenvalue weighted by Crippen LogP contribution is 2.34. The molecule has 0 saturated carbocycles.